The summed E-state index contributed by atoms with van der Waals surface area (Å²) in [5.41, 5.74) is 0. The van der Waals surface area contributed by atoms with Crippen LogP contribution in [0.3, 0.4) is 0 Å². The minimum absolute atomic E-state index is 0.203. The van der Waals surface area contributed by atoms with E-state index in [-0.39, 0.29) is 11.9 Å². The number of rotatable bonds is 5. The number of thiophene rings is 1. The summed E-state index contributed by atoms with van der Waals surface area (Å²) in [6.07, 6.45) is 0.853. The van der Waals surface area contributed by atoms with Crippen molar-refractivity contribution in [2.24, 2.45) is 0 Å². The molecule has 0 saturated heterocycles. The van der Waals surface area contributed by atoms with Crippen LogP contribution in [0.1, 0.15) is 18.7 Å². The fraction of sp³-hybridized carbons (Fsp3) is 0.556. The molecule has 6 heteroatoms. The van der Waals surface area contributed by atoms with Crippen molar-refractivity contribution in [3.05, 3.63) is 17.0 Å². The molecule has 0 radical (unpaired) electrons. The van der Waals surface area contributed by atoms with E-state index in [1.165, 1.54) is 11.3 Å². The predicted octanol–water partition coefficient (Wildman–Crippen LogP) is 2.22. The van der Waals surface area contributed by atoms with Gasteiger partial charge in [-0.2, -0.15) is 0 Å². The van der Waals surface area contributed by atoms with Gasteiger partial charge in [0, 0.05) is 16.8 Å². The Morgan fingerprint density at radius 1 is 1.53 bits per heavy atom. The Kier molecular flexibility index (Phi) is 4.58. The number of hydrogen-bond acceptors (Lipinski definition) is 3. The van der Waals surface area contributed by atoms with Crippen molar-refractivity contribution in [1.82, 2.24) is 4.72 Å². The maximum atomic E-state index is 11.7. The van der Waals surface area contributed by atoms with Crippen LogP contribution in [0.25, 0.3) is 0 Å². The Morgan fingerprint density at radius 3 is 2.67 bits per heavy atom. The van der Waals surface area contributed by atoms with Crippen molar-refractivity contribution in [3.8, 4) is 0 Å². The van der Waals surface area contributed by atoms with Crippen molar-refractivity contribution in [1.29, 1.82) is 0 Å². The largest absolute Gasteiger partial charge is 0.250 e. The molecule has 0 spiro atoms. The minimum Gasteiger partial charge on any atom is -0.209 e. The zero-order valence-corrected chi connectivity index (χ0v) is 11.0. The molecule has 0 aliphatic carbocycles. The third kappa shape index (κ3) is 3.75. The molecule has 1 atom stereocenters. The fourth-order valence-electron chi connectivity index (χ4n) is 0.988. The van der Waals surface area contributed by atoms with E-state index in [0.29, 0.717) is 4.21 Å². The van der Waals surface area contributed by atoms with Gasteiger partial charge in [0.15, 0.2) is 0 Å². The molecule has 0 aliphatic heterocycles. The number of halogens is 1. The van der Waals surface area contributed by atoms with Gasteiger partial charge in [-0.25, -0.2) is 13.1 Å². The van der Waals surface area contributed by atoms with Gasteiger partial charge in [-0.3, -0.25) is 0 Å². The van der Waals surface area contributed by atoms with Crippen molar-refractivity contribution in [2.45, 2.75) is 29.9 Å². The van der Waals surface area contributed by atoms with Crippen molar-refractivity contribution < 1.29 is 8.42 Å². The molecular weight excluding hydrogens is 254 g/mol. The summed E-state index contributed by atoms with van der Waals surface area (Å²) in [5, 5.41) is -0.203. The number of nitrogens with one attached hydrogen (secondary N) is 1. The molecule has 0 amide bonds. The lowest BCUT2D eigenvalue weighted by molar-refractivity contribution is 0.583. The van der Waals surface area contributed by atoms with Crippen LogP contribution in [-0.2, 0) is 16.4 Å². The lowest BCUT2D eigenvalue weighted by atomic mass is 10.4. The molecule has 0 aromatic carbocycles. The molecule has 0 saturated carbocycles. The van der Waals surface area contributed by atoms with Gasteiger partial charge in [0.05, 0.1) is 0 Å². The van der Waals surface area contributed by atoms with E-state index in [2.05, 4.69) is 4.72 Å². The molecule has 0 aliphatic rings. The fourth-order valence-corrected chi connectivity index (χ4v) is 3.63. The lowest BCUT2D eigenvalue weighted by Crippen LogP contribution is -2.28. The molecule has 86 valence electrons. The van der Waals surface area contributed by atoms with E-state index in [1.807, 2.05) is 13.0 Å². The second-order valence-electron chi connectivity index (χ2n) is 3.21. The van der Waals surface area contributed by atoms with Crippen LogP contribution >= 0.6 is 22.9 Å². The van der Waals surface area contributed by atoms with Gasteiger partial charge in [-0.15, -0.1) is 22.9 Å². The quantitative estimate of drug-likeness (QED) is 0.832. The maximum absolute atomic E-state index is 11.7. The van der Waals surface area contributed by atoms with E-state index in [4.69, 9.17) is 11.6 Å². The number of hydrogen-bond donors (Lipinski definition) is 1. The van der Waals surface area contributed by atoms with Crippen molar-refractivity contribution in [2.75, 3.05) is 6.54 Å². The van der Waals surface area contributed by atoms with Crippen LogP contribution in [-0.4, -0.2) is 20.3 Å². The number of aryl methyl sites for hydroxylation is 1. The summed E-state index contributed by atoms with van der Waals surface area (Å²) in [5.74, 6) is 0. The van der Waals surface area contributed by atoms with Gasteiger partial charge < -0.3 is 0 Å². The topological polar surface area (TPSA) is 46.2 Å². The first-order chi connectivity index (χ1) is 6.95. The Morgan fingerprint density at radius 2 is 2.20 bits per heavy atom. The van der Waals surface area contributed by atoms with Gasteiger partial charge in [0.1, 0.15) is 4.21 Å². The average molecular weight is 268 g/mol. The molecule has 1 aromatic rings. The van der Waals surface area contributed by atoms with Crippen LogP contribution < -0.4 is 4.72 Å². The number of alkyl halides is 1. The maximum Gasteiger partial charge on any atom is 0.250 e. The molecule has 3 nitrogen and oxygen atoms in total. The molecule has 0 fully saturated rings. The van der Waals surface area contributed by atoms with Crippen LogP contribution in [0.5, 0.6) is 0 Å². The highest BCUT2D eigenvalue weighted by Gasteiger charge is 2.16. The first-order valence-corrected chi connectivity index (χ1v) is 7.41. The molecule has 1 rings (SSSR count). The first kappa shape index (κ1) is 13.0. The summed E-state index contributed by atoms with van der Waals surface area (Å²) < 4.78 is 26.2. The van der Waals surface area contributed by atoms with E-state index in [1.54, 1.807) is 13.0 Å². The van der Waals surface area contributed by atoms with Gasteiger partial charge in [0.25, 0.3) is 0 Å². The third-order valence-corrected chi connectivity index (χ3v) is 5.10. The van der Waals surface area contributed by atoms with Crippen LogP contribution in [0.15, 0.2) is 16.3 Å². The lowest BCUT2D eigenvalue weighted by Gasteiger charge is -2.05. The molecular formula is C9H14ClNO2S2. The van der Waals surface area contributed by atoms with Crippen molar-refractivity contribution >= 4 is 33.0 Å². The smallest absolute Gasteiger partial charge is 0.209 e. The zero-order valence-electron chi connectivity index (χ0n) is 8.66. The summed E-state index contributed by atoms with van der Waals surface area (Å²) in [6, 6.07) is 3.47. The molecule has 1 heterocycles. The minimum atomic E-state index is -3.36. The van der Waals surface area contributed by atoms with E-state index in [0.717, 1.165) is 11.3 Å². The number of sulfonamides is 1. The van der Waals surface area contributed by atoms with E-state index in [9.17, 15) is 8.42 Å². The van der Waals surface area contributed by atoms with Gasteiger partial charge in [0.2, 0.25) is 10.0 Å². The summed E-state index contributed by atoms with van der Waals surface area (Å²) >= 11 is 6.98. The Labute approximate surface area is 99.5 Å². The van der Waals surface area contributed by atoms with Gasteiger partial charge in [-0.1, -0.05) is 6.92 Å². The average Bonchev–Trinajstić information content (AvgIpc) is 2.63. The van der Waals surface area contributed by atoms with Crippen LogP contribution in [0.2, 0.25) is 0 Å². The highest BCUT2D eigenvalue weighted by Crippen LogP contribution is 2.21. The van der Waals surface area contributed by atoms with Crippen LogP contribution in [0.4, 0.5) is 0 Å². The summed E-state index contributed by atoms with van der Waals surface area (Å²) in [6.45, 7) is 4.00. The third-order valence-electron chi connectivity index (χ3n) is 1.80. The van der Waals surface area contributed by atoms with Gasteiger partial charge >= 0.3 is 0 Å². The second-order valence-corrected chi connectivity index (χ2v) is 7.11. The molecule has 15 heavy (non-hydrogen) atoms. The highest BCUT2D eigenvalue weighted by atomic mass is 35.5. The predicted molar refractivity (Wildman–Crippen MR) is 64.2 cm³/mol. The molecule has 0 bridgehead atoms. The van der Waals surface area contributed by atoms with Crippen molar-refractivity contribution in [3.63, 3.8) is 0 Å². The highest BCUT2D eigenvalue weighted by molar-refractivity contribution is 7.91. The zero-order chi connectivity index (χ0) is 11.5. The second kappa shape index (κ2) is 5.30. The Balaban J connectivity index is 2.77. The Hall–Kier alpha value is -0.100. The molecule has 1 unspecified atom stereocenters. The Bertz CT molecular complexity index is 412. The standard InChI is InChI=1S/C9H14ClNO2S2/c1-3-8-4-5-9(14-8)15(12,13)11-6-7(2)10/h4-5,7,11H,3,6H2,1-2H3. The summed E-state index contributed by atoms with van der Waals surface area (Å²) in [4.78, 5) is 1.06. The molecule has 1 aromatic heterocycles. The van der Waals surface area contributed by atoms with Crippen LogP contribution in [0, 0.1) is 0 Å². The van der Waals surface area contributed by atoms with E-state index >= 15 is 0 Å². The first-order valence-electron chi connectivity index (χ1n) is 4.68. The van der Waals surface area contributed by atoms with Gasteiger partial charge in [-0.05, 0) is 25.5 Å². The van der Waals surface area contributed by atoms with E-state index < -0.39 is 10.0 Å². The summed E-state index contributed by atoms with van der Waals surface area (Å²) in [7, 11) is -3.36. The monoisotopic (exact) mass is 267 g/mol. The normalized spacial score (nSPS) is 14.1. The SMILES string of the molecule is CCc1ccc(S(=O)(=O)NCC(C)Cl)s1. The molecule has 1 N–H and O–H groups in total.